The van der Waals surface area contributed by atoms with Crippen molar-refractivity contribution in [1.82, 2.24) is 4.90 Å². The maximum atomic E-state index is 12.3. The molecule has 2 N–H and O–H groups in total. The molecule has 0 heterocycles. The van der Waals surface area contributed by atoms with Gasteiger partial charge in [0.15, 0.2) is 0 Å². The summed E-state index contributed by atoms with van der Waals surface area (Å²) in [6, 6.07) is 8.59. The fourth-order valence-corrected chi connectivity index (χ4v) is 1.88. The average Bonchev–Trinajstić information content (AvgIpc) is 2.44. The van der Waals surface area contributed by atoms with Crippen LogP contribution in [0, 0.1) is 11.3 Å². The maximum absolute atomic E-state index is 12.3. The standard InChI is InChI=1S/C14H17F3N2O2/c15-14(16,17)5-6-19(9-13(21)10-20)8-12-4-2-1-3-11(12)7-18/h1-4,13,20-21H,5-6,8-10H2/t13-/m0/s1. The van der Waals surface area contributed by atoms with Gasteiger partial charge in [0, 0.05) is 19.6 Å². The Morgan fingerprint density at radius 1 is 1.29 bits per heavy atom. The van der Waals surface area contributed by atoms with Crippen molar-refractivity contribution in [2.75, 3.05) is 19.7 Å². The van der Waals surface area contributed by atoms with Crippen LogP contribution >= 0.6 is 0 Å². The molecule has 21 heavy (non-hydrogen) atoms. The van der Waals surface area contributed by atoms with E-state index in [9.17, 15) is 18.3 Å². The Labute approximate surface area is 121 Å². The molecule has 1 aromatic rings. The second-order valence-electron chi connectivity index (χ2n) is 4.71. The lowest BCUT2D eigenvalue weighted by atomic mass is 10.1. The maximum Gasteiger partial charge on any atom is 0.390 e. The van der Waals surface area contributed by atoms with Gasteiger partial charge in [-0.2, -0.15) is 18.4 Å². The topological polar surface area (TPSA) is 67.5 Å². The van der Waals surface area contributed by atoms with Crippen molar-refractivity contribution >= 4 is 0 Å². The first-order chi connectivity index (χ1) is 9.85. The quantitative estimate of drug-likeness (QED) is 0.804. The summed E-state index contributed by atoms with van der Waals surface area (Å²) < 4.78 is 37.0. The Balaban J connectivity index is 2.78. The first kappa shape index (κ1) is 17.4. The highest BCUT2D eigenvalue weighted by Crippen LogP contribution is 2.21. The smallest absolute Gasteiger partial charge is 0.390 e. The molecule has 0 spiro atoms. The van der Waals surface area contributed by atoms with Gasteiger partial charge in [0.05, 0.1) is 30.8 Å². The summed E-state index contributed by atoms with van der Waals surface area (Å²) in [5.41, 5.74) is 0.973. The summed E-state index contributed by atoms with van der Waals surface area (Å²) in [6.45, 7) is -0.814. The van der Waals surface area contributed by atoms with Gasteiger partial charge in [0.25, 0.3) is 0 Å². The van der Waals surface area contributed by atoms with Crippen LogP contribution in [0.25, 0.3) is 0 Å². The molecule has 116 valence electrons. The van der Waals surface area contributed by atoms with Crippen LogP contribution in [0.15, 0.2) is 24.3 Å². The number of nitrogens with zero attached hydrogens (tertiary/aromatic N) is 2. The third-order valence-corrected chi connectivity index (χ3v) is 2.92. The molecule has 0 fully saturated rings. The highest BCUT2D eigenvalue weighted by atomic mass is 19.4. The van der Waals surface area contributed by atoms with E-state index in [4.69, 9.17) is 10.4 Å². The SMILES string of the molecule is N#Cc1ccccc1CN(CCC(F)(F)F)C[C@H](O)CO. The summed E-state index contributed by atoms with van der Waals surface area (Å²) in [6.07, 6.45) is -6.43. The summed E-state index contributed by atoms with van der Waals surface area (Å²) in [7, 11) is 0. The fraction of sp³-hybridized carbons (Fsp3) is 0.500. The third-order valence-electron chi connectivity index (χ3n) is 2.92. The Bertz CT molecular complexity index is 486. The van der Waals surface area contributed by atoms with Gasteiger partial charge in [-0.25, -0.2) is 0 Å². The number of alkyl halides is 3. The average molecular weight is 302 g/mol. The predicted octanol–water partition coefficient (Wildman–Crippen LogP) is 1.67. The van der Waals surface area contributed by atoms with Gasteiger partial charge in [0.2, 0.25) is 0 Å². The zero-order valence-corrected chi connectivity index (χ0v) is 11.3. The zero-order valence-electron chi connectivity index (χ0n) is 11.3. The van der Waals surface area contributed by atoms with Crippen molar-refractivity contribution in [2.45, 2.75) is 25.2 Å². The lowest BCUT2D eigenvalue weighted by Crippen LogP contribution is -2.36. The predicted molar refractivity (Wildman–Crippen MR) is 70.2 cm³/mol. The van der Waals surface area contributed by atoms with Crippen molar-refractivity contribution in [3.63, 3.8) is 0 Å². The molecule has 0 saturated heterocycles. The molecule has 4 nitrogen and oxygen atoms in total. The molecule has 1 rings (SSSR count). The largest absolute Gasteiger partial charge is 0.394 e. The molecule has 1 aromatic carbocycles. The van der Waals surface area contributed by atoms with Gasteiger partial charge in [-0.1, -0.05) is 18.2 Å². The van der Waals surface area contributed by atoms with E-state index in [0.29, 0.717) is 11.1 Å². The Kier molecular flexibility index (Phi) is 6.62. The minimum Gasteiger partial charge on any atom is -0.394 e. The van der Waals surface area contributed by atoms with Crippen LogP contribution in [0.2, 0.25) is 0 Å². The van der Waals surface area contributed by atoms with Gasteiger partial charge in [-0.05, 0) is 11.6 Å². The Hall–Kier alpha value is -1.62. The van der Waals surface area contributed by atoms with Crippen LogP contribution in [0.3, 0.4) is 0 Å². The molecule has 0 unspecified atom stereocenters. The van der Waals surface area contributed by atoms with Crippen LogP contribution in [-0.4, -0.2) is 47.1 Å². The van der Waals surface area contributed by atoms with Gasteiger partial charge in [-0.3, -0.25) is 4.90 Å². The minimum atomic E-state index is -4.29. The first-order valence-electron chi connectivity index (χ1n) is 6.41. The lowest BCUT2D eigenvalue weighted by molar-refractivity contribution is -0.139. The molecular weight excluding hydrogens is 285 g/mol. The van der Waals surface area contributed by atoms with Crippen molar-refractivity contribution in [2.24, 2.45) is 0 Å². The Morgan fingerprint density at radius 2 is 1.95 bits per heavy atom. The second-order valence-corrected chi connectivity index (χ2v) is 4.71. The molecule has 1 atom stereocenters. The van der Waals surface area contributed by atoms with Gasteiger partial charge in [-0.15, -0.1) is 0 Å². The van der Waals surface area contributed by atoms with Gasteiger partial charge < -0.3 is 10.2 Å². The van der Waals surface area contributed by atoms with Crippen molar-refractivity contribution < 1.29 is 23.4 Å². The monoisotopic (exact) mass is 302 g/mol. The van der Waals surface area contributed by atoms with Gasteiger partial charge >= 0.3 is 6.18 Å². The van der Waals surface area contributed by atoms with E-state index in [1.807, 2.05) is 6.07 Å². The zero-order chi connectivity index (χ0) is 15.9. The molecule has 0 saturated carbocycles. The van der Waals surface area contributed by atoms with Crippen molar-refractivity contribution in [3.05, 3.63) is 35.4 Å². The molecule has 0 radical (unpaired) electrons. The van der Waals surface area contributed by atoms with Crippen LogP contribution in [0.1, 0.15) is 17.5 Å². The number of rotatable bonds is 7. The molecule has 0 aliphatic rings. The van der Waals surface area contributed by atoms with Gasteiger partial charge in [0.1, 0.15) is 0 Å². The van der Waals surface area contributed by atoms with E-state index < -0.39 is 25.3 Å². The molecule has 7 heteroatoms. The van der Waals surface area contributed by atoms with Crippen molar-refractivity contribution in [1.29, 1.82) is 5.26 Å². The van der Waals surface area contributed by atoms with E-state index in [0.717, 1.165) is 0 Å². The highest BCUT2D eigenvalue weighted by Gasteiger charge is 2.28. The van der Waals surface area contributed by atoms with Crippen LogP contribution in [0.5, 0.6) is 0 Å². The normalized spacial score (nSPS) is 13.2. The van der Waals surface area contributed by atoms with E-state index in [-0.39, 0.29) is 19.6 Å². The molecule has 0 aliphatic heterocycles. The lowest BCUT2D eigenvalue weighted by Gasteiger charge is -2.25. The van der Waals surface area contributed by atoms with E-state index >= 15 is 0 Å². The molecular formula is C14H17F3N2O2. The summed E-state index contributed by atoms with van der Waals surface area (Å²) in [5, 5.41) is 27.2. The number of benzene rings is 1. The van der Waals surface area contributed by atoms with E-state index in [2.05, 4.69) is 0 Å². The van der Waals surface area contributed by atoms with Crippen molar-refractivity contribution in [3.8, 4) is 6.07 Å². The molecule has 0 amide bonds. The first-order valence-corrected chi connectivity index (χ1v) is 6.41. The van der Waals surface area contributed by atoms with Crippen LogP contribution < -0.4 is 0 Å². The number of nitriles is 1. The van der Waals surface area contributed by atoms with E-state index in [1.165, 1.54) is 4.90 Å². The number of halogens is 3. The number of aliphatic hydroxyl groups is 2. The van der Waals surface area contributed by atoms with Crippen LogP contribution in [-0.2, 0) is 6.54 Å². The second kappa shape index (κ2) is 7.98. The fourth-order valence-electron chi connectivity index (χ4n) is 1.88. The number of hydrogen-bond acceptors (Lipinski definition) is 4. The highest BCUT2D eigenvalue weighted by molar-refractivity contribution is 5.37. The molecule has 0 bridgehead atoms. The Morgan fingerprint density at radius 3 is 2.52 bits per heavy atom. The minimum absolute atomic E-state index is 0.0909. The van der Waals surface area contributed by atoms with Crippen LogP contribution in [0.4, 0.5) is 13.2 Å². The number of aliphatic hydroxyl groups excluding tert-OH is 2. The summed E-state index contributed by atoms with van der Waals surface area (Å²) >= 11 is 0. The summed E-state index contributed by atoms with van der Waals surface area (Å²) in [4.78, 5) is 1.38. The molecule has 0 aliphatic carbocycles. The van der Waals surface area contributed by atoms with E-state index in [1.54, 1.807) is 24.3 Å². The number of hydrogen-bond donors (Lipinski definition) is 2. The molecule has 0 aromatic heterocycles. The third kappa shape index (κ3) is 6.58. The summed E-state index contributed by atoms with van der Waals surface area (Å²) in [5.74, 6) is 0.